The number of rotatable bonds is 2. The van der Waals surface area contributed by atoms with Crippen LogP contribution in [0.3, 0.4) is 0 Å². The molecule has 1 aromatic heterocycles. The van der Waals surface area contributed by atoms with Crippen LogP contribution in [0, 0.1) is 6.92 Å². The maximum absolute atomic E-state index is 3.36. The van der Waals surface area contributed by atoms with Crippen molar-refractivity contribution in [2.24, 2.45) is 0 Å². The zero-order chi connectivity index (χ0) is 11.0. The summed E-state index contributed by atoms with van der Waals surface area (Å²) in [5.41, 5.74) is 4.05. The third-order valence-corrected chi connectivity index (χ3v) is 3.52. The summed E-state index contributed by atoms with van der Waals surface area (Å²) < 4.78 is 0. The zero-order valence-electron chi connectivity index (χ0n) is 9.79. The van der Waals surface area contributed by atoms with Crippen LogP contribution < -0.4 is 0 Å². The Balaban J connectivity index is 1.93. The lowest BCUT2D eigenvalue weighted by atomic mass is 10.1. The predicted molar refractivity (Wildman–Crippen MR) is 67.5 cm³/mol. The summed E-state index contributed by atoms with van der Waals surface area (Å²) >= 11 is 0. The third-order valence-electron chi connectivity index (χ3n) is 3.52. The molecule has 2 heteroatoms. The number of hydrogen-bond acceptors (Lipinski definition) is 1. The summed E-state index contributed by atoms with van der Waals surface area (Å²) in [6, 6.07) is 6.63. The van der Waals surface area contributed by atoms with E-state index < -0.39 is 0 Å². The molecule has 16 heavy (non-hydrogen) atoms. The molecule has 1 fully saturated rings. The van der Waals surface area contributed by atoms with Crippen molar-refractivity contribution in [2.75, 3.05) is 13.1 Å². The number of benzene rings is 1. The quantitative estimate of drug-likeness (QED) is 0.814. The Labute approximate surface area is 96.3 Å². The standard InChI is InChI=1S/C14H18N2/c1-11-4-5-14-13(8-11)12(9-15-14)10-16-6-2-3-7-16/h4-5,8-9,15H,2-3,6-7,10H2,1H3. The summed E-state index contributed by atoms with van der Waals surface area (Å²) in [5, 5.41) is 1.40. The lowest BCUT2D eigenvalue weighted by Gasteiger charge is -2.13. The molecular formula is C14H18N2. The molecule has 0 spiro atoms. The minimum Gasteiger partial charge on any atom is -0.361 e. The highest BCUT2D eigenvalue weighted by Crippen LogP contribution is 2.22. The first-order valence-corrected chi connectivity index (χ1v) is 6.12. The van der Waals surface area contributed by atoms with E-state index in [9.17, 15) is 0 Å². The molecule has 1 aromatic carbocycles. The van der Waals surface area contributed by atoms with Gasteiger partial charge in [0.2, 0.25) is 0 Å². The van der Waals surface area contributed by atoms with Crippen molar-refractivity contribution in [3.05, 3.63) is 35.5 Å². The summed E-state index contributed by atoms with van der Waals surface area (Å²) in [7, 11) is 0. The fraction of sp³-hybridized carbons (Fsp3) is 0.429. The lowest BCUT2D eigenvalue weighted by Crippen LogP contribution is -2.17. The van der Waals surface area contributed by atoms with Gasteiger partial charge in [-0.25, -0.2) is 0 Å². The van der Waals surface area contributed by atoms with Gasteiger partial charge >= 0.3 is 0 Å². The van der Waals surface area contributed by atoms with Gasteiger partial charge in [0.15, 0.2) is 0 Å². The minimum atomic E-state index is 1.10. The van der Waals surface area contributed by atoms with E-state index in [4.69, 9.17) is 0 Å². The number of nitrogens with one attached hydrogen (secondary N) is 1. The van der Waals surface area contributed by atoms with Crippen LogP contribution in [0.15, 0.2) is 24.4 Å². The van der Waals surface area contributed by atoms with Gasteiger partial charge in [0.25, 0.3) is 0 Å². The van der Waals surface area contributed by atoms with Crippen molar-refractivity contribution in [3.63, 3.8) is 0 Å². The van der Waals surface area contributed by atoms with Crippen LogP contribution in [0.1, 0.15) is 24.0 Å². The topological polar surface area (TPSA) is 19.0 Å². The summed E-state index contributed by atoms with van der Waals surface area (Å²) in [4.78, 5) is 5.91. The molecule has 1 N–H and O–H groups in total. The van der Waals surface area contributed by atoms with Gasteiger partial charge in [0.05, 0.1) is 0 Å². The SMILES string of the molecule is Cc1ccc2[nH]cc(CN3CCCC3)c2c1. The molecule has 84 valence electrons. The van der Waals surface area contributed by atoms with Gasteiger partial charge in [-0.1, -0.05) is 11.6 Å². The fourth-order valence-corrected chi connectivity index (χ4v) is 2.60. The normalized spacial score (nSPS) is 17.3. The van der Waals surface area contributed by atoms with Crippen LogP contribution in [0.25, 0.3) is 10.9 Å². The van der Waals surface area contributed by atoms with Crippen molar-refractivity contribution in [2.45, 2.75) is 26.3 Å². The van der Waals surface area contributed by atoms with Crippen LogP contribution in [0.2, 0.25) is 0 Å². The Bertz CT molecular complexity index is 492. The molecule has 0 aliphatic carbocycles. The molecule has 1 aliphatic heterocycles. The van der Waals surface area contributed by atoms with Gasteiger partial charge in [0.1, 0.15) is 0 Å². The second kappa shape index (κ2) is 3.95. The van der Waals surface area contributed by atoms with Crippen molar-refractivity contribution in [1.29, 1.82) is 0 Å². The van der Waals surface area contributed by atoms with E-state index in [2.05, 4.69) is 41.2 Å². The molecule has 0 atom stereocenters. The largest absolute Gasteiger partial charge is 0.361 e. The smallest absolute Gasteiger partial charge is 0.0457 e. The van der Waals surface area contributed by atoms with Gasteiger partial charge in [0, 0.05) is 23.6 Å². The monoisotopic (exact) mass is 214 g/mol. The van der Waals surface area contributed by atoms with E-state index in [0.29, 0.717) is 0 Å². The number of nitrogens with zero attached hydrogens (tertiary/aromatic N) is 1. The first-order valence-electron chi connectivity index (χ1n) is 6.12. The molecule has 0 unspecified atom stereocenters. The second-order valence-corrected chi connectivity index (χ2v) is 4.85. The number of aryl methyl sites for hydroxylation is 1. The maximum Gasteiger partial charge on any atom is 0.0457 e. The highest BCUT2D eigenvalue weighted by Gasteiger charge is 2.13. The lowest BCUT2D eigenvalue weighted by molar-refractivity contribution is 0.332. The Morgan fingerprint density at radius 2 is 2.06 bits per heavy atom. The number of fused-ring (bicyclic) bond motifs is 1. The molecule has 1 aliphatic rings. The molecular weight excluding hydrogens is 196 g/mol. The van der Waals surface area contributed by atoms with Gasteiger partial charge in [-0.3, -0.25) is 4.90 Å². The molecule has 0 radical (unpaired) electrons. The highest BCUT2D eigenvalue weighted by molar-refractivity contribution is 5.83. The van der Waals surface area contributed by atoms with E-state index in [1.165, 1.54) is 48.0 Å². The van der Waals surface area contributed by atoms with Crippen LogP contribution in [0.5, 0.6) is 0 Å². The number of aromatic nitrogens is 1. The first kappa shape index (κ1) is 9.91. The van der Waals surface area contributed by atoms with Gasteiger partial charge in [-0.2, -0.15) is 0 Å². The zero-order valence-corrected chi connectivity index (χ0v) is 9.79. The fourth-order valence-electron chi connectivity index (χ4n) is 2.60. The van der Waals surface area contributed by atoms with Crippen molar-refractivity contribution in [3.8, 4) is 0 Å². The van der Waals surface area contributed by atoms with Gasteiger partial charge < -0.3 is 4.98 Å². The average Bonchev–Trinajstić information content (AvgIpc) is 2.90. The first-order chi connectivity index (χ1) is 7.83. The maximum atomic E-state index is 3.36. The van der Waals surface area contributed by atoms with Crippen molar-refractivity contribution in [1.82, 2.24) is 9.88 Å². The Hall–Kier alpha value is -1.28. The van der Waals surface area contributed by atoms with Gasteiger partial charge in [-0.15, -0.1) is 0 Å². The van der Waals surface area contributed by atoms with Crippen LogP contribution >= 0.6 is 0 Å². The Kier molecular flexibility index (Phi) is 2.44. The highest BCUT2D eigenvalue weighted by atomic mass is 15.1. The van der Waals surface area contributed by atoms with Crippen LogP contribution in [-0.2, 0) is 6.54 Å². The average molecular weight is 214 g/mol. The third kappa shape index (κ3) is 1.74. The van der Waals surface area contributed by atoms with E-state index in [-0.39, 0.29) is 0 Å². The molecule has 0 saturated carbocycles. The van der Waals surface area contributed by atoms with Crippen molar-refractivity contribution >= 4 is 10.9 Å². The summed E-state index contributed by atoms with van der Waals surface area (Å²) in [5.74, 6) is 0. The van der Waals surface area contributed by atoms with E-state index >= 15 is 0 Å². The molecule has 0 amide bonds. The Morgan fingerprint density at radius 1 is 1.25 bits per heavy atom. The van der Waals surface area contributed by atoms with Crippen molar-refractivity contribution < 1.29 is 0 Å². The van der Waals surface area contributed by atoms with Crippen LogP contribution in [0.4, 0.5) is 0 Å². The molecule has 1 saturated heterocycles. The number of aromatic amines is 1. The van der Waals surface area contributed by atoms with E-state index in [0.717, 1.165) is 6.54 Å². The van der Waals surface area contributed by atoms with Crippen LogP contribution in [-0.4, -0.2) is 23.0 Å². The molecule has 3 rings (SSSR count). The molecule has 0 bridgehead atoms. The molecule has 2 heterocycles. The van der Waals surface area contributed by atoms with E-state index in [1.807, 2.05) is 0 Å². The number of H-pyrrole nitrogens is 1. The van der Waals surface area contributed by atoms with E-state index in [1.54, 1.807) is 0 Å². The second-order valence-electron chi connectivity index (χ2n) is 4.85. The molecule has 2 aromatic rings. The predicted octanol–water partition coefficient (Wildman–Crippen LogP) is 3.07. The van der Waals surface area contributed by atoms with Gasteiger partial charge in [-0.05, 0) is 50.6 Å². The Morgan fingerprint density at radius 3 is 2.88 bits per heavy atom. The minimum absolute atomic E-state index is 1.10. The summed E-state index contributed by atoms with van der Waals surface area (Å²) in [6.45, 7) is 5.78. The number of likely N-dealkylation sites (tertiary alicyclic amines) is 1. The summed E-state index contributed by atoms with van der Waals surface area (Å²) in [6.07, 6.45) is 4.89. The molecule has 2 nitrogen and oxygen atoms in total. The number of hydrogen-bond donors (Lipinski definition) is 1.